The number of hydrogen-bond acceptors (Lipinski definition) is 13. The molecule has 2 aliphatic rings. The molecular weight excluding hydrogens is 556 g/mol. The van der Waals surface area contributed by atoms with Gasteiger partial charge in [-0.2, -0.15) is 0 Å². The number of hydrogen-bond donors (Lipinski definition) is 3. The van der Waals surface area contributed by atoms with E-state index in [0.29, 0.717) is 27.9 Å². The van der Waals surface area contributed by atoms with Gasteiger partial charge in [-0.25, -0.2) is 19.7 Å². The molecule has 0 saturated carbocycles. The normalized spacial score (nSPS) is 19.3. The summed E-state index contributed by atoms with van der Waals surface area (Å²) in [5.41, 5.74) is 7.28. The number of aryl methyl sites for hydroxylation is 1. The first kappa shape index (κ1) is 25.8. The summed E-state index contributed by atoms with van der Waals surface area (Å²) < 4.78 is 6.90. The molecule has 2 amide bonds. The van der Waals surface area contributed by atoms with Gasteiger partial charge in [-0.05, 0) is 13.0 Å². The van der Waals surface area contributed by atoms with Crippen LogP contribution in [0.2, 0.25) is 0 Å². The molecule has 3 aromatic rings. The number of thiazole rings is 1. The molecule has 1 saturated heterocycles. The summed E-state index contributed by atoms with van der Waals surface area (Å²) in [6, 6.07) is 0.964. The van der Waals surface area contributed by atoms with Crippen LogP contribution in [0.25, 0.3) is 5.78 Å². The van der Waals surface area contributed by atoms with Gasteiger partial charge in [0.25, 0.3) is 11.8 Å². The molecule has 198 valence electrons. The van der Waals surface area contributed by atoms with Crippen LogP contribution < -0.4 is 11.1 Å². The van der Waals surface area contributed by atoms with Gasteiger partial charge in [0.2, 0.25) is 11.7 Å². The van der Waals surface area contributed by atoms with E-state index in [4.69, 9.17) is 15.3 Å². The second-order valence-electron chi connectivity index (χ2n) is 7.95. The number of nitrogens with one attached hydrogen (secondary N) is 1. The molecule has 5 heterocycles. The minimum Gasteiger partial charge on any atom is -0.449 e. The van der Waals surface area contributed by atoms with Crippen molar-refractivity contribution in [2.45, 2.75) is 23.4 Å². The van der Waals surface area contributed by atoms with Crippen LogP contribution in [0.3, 0.4) is 0 Å². The largest absolute Gasteiger partial charge is 0.512 e. The first-order valence-electron chi connectivity index (χ1n) is 10.9. The van der Waals surface area contributed by atoms with Gasteiger partial charge >= 0.3 is 6.16 Å². The highest BCUT2D eigenvalue weighted by atomic mass is 32.2. The number of fused-ring (bicyclic) bond motifs is 2. The molecule has 3 aromatic heterocycles. The minimum atomic E-state index is -1.54. The number of amides is 2. The zero-order valence-corrected chi connectivity index (χ0v) is 22.3. The summed E-state index contributed by atoms with van der Waals surface area (Å²) in [7, 11) is 1.28. The summed E-state index contributed by atoms with van der Waals surface area (Å²) in [4.78, 5) is 56.2. The highest BCUT2D eigenvalue weighted by Crippen LogP contribution is 2.42. The number of carbonyl (C=O) groups excluding carboxylic acids is 2. The summed E-state index contributed by atoms with van der Waals surface area (Å²) in [5, 5.41) is 17.6. The molecule has 14 nitrogen and oxygen atoms in total. The van der Waals surface area contributed by atoms with E-state index in [9.17, 15) is 19.5 Å². The van der Waals surface area contributed by atoms with Crippen LogP contribution in [0, 0.1) is 6.92 Å². The van der Waals surface area contributed by atoms with Crippen molar-refractivity contribution < 1.29 is 29.1 Å². The molecule has 0 radical (unpaired) electrons. The Balaban J connectivity index is 1.32. The lowest BCUT2D eigenvalue weighted by molar-refractivity contribution is -0.148. The fourth-order valence-corrected chi connectivity index (χ4v) is 6.83. The highest BCUT2D eigenvalue weighted by molar-refractivity contribution is 8.01. The predicted molar refractivity (Wildman–Crippen MR) is 140 cm³/mol. The van der Waals surface area contributed by atoms with Crippen LogP contribution in [0.5, 0.6) is 0 Å². The number of aromatic nitrogens is 4. The first-order chi connectivity index (χ1) is 18.3. The van der Waals surface area contributed by atoms with Gasteiger partial charge in [-0.15, -0.1) is 34.9 Å². The molecular formula is C21H20N8O6S3. The molecule has 0 unspecified atom stereocenters. The summed E-state index contributed by atoms with van der Waals surface area (Å²) in [6.07, 6.45) is 1.92. The number of oxime groups is 1. The van der Waals surface area contributed by atoms with Gasteiger partial charge in [-0.3, -0.25) is 18.9 Å². The van der Waals surface area contributed by atoms with Crippen molar-refractivity contribution in [1.82, 2.24) is 29.6 Å². The lowest BCUT2D eigenvalue weighted by Gasteiger charge is -2.49. The van der Waals surface area contributed by atoms with E-state index in [1.165, 1.54) is 35.5 Å². The van der Waals surface area contributed by atoms with Gasteiger partial charge in [-0.1, -0.05) is 5.16 Å². The summed E-state index contributed by atoms with van der Waals surface area (Å²) in [5.74, 6) is 0.00958. The Labute approximate surface area is 227 Å². The Morgan fingerprint density at radius 3 is 2.92 bits per heavy atom. The third-order valence-corrected chi connectivity index (χ3v) is 8.57. The molecule has 0 aromatic carbocycles. The third-order valence-electron chi connectivity index (χ3n) is 5.56. The second-order valence-corrected chi connectivity index (χ2v) is 10.9. The number of thioether (sulfide) groups is 2. The van der Waals surface area contributed by atoms with Crippen molar-refractivity contribution in [1.29, 1.82) is 0 Å². The SMILES string of the molecule is CO/N=C(\C(=O)N[C@@H]1C(=O)N2C(OC(=O)O)=C(CSc3cc(C)n4ccnc4n3)CS[C@@H]12)c1csc(N)n1. The molecule has 0 spiro atoms. The van der Waals surface area contributed by atoms with E-state index in [-0.39, 0.29) is 22.4 Å². The molecule has 38 heavy (non-hydrogen) atoms. The van der Waals surface area contributed by atoms with Gasteiger partial charge in [0, 0.05) is 40.5 Å². The van der Waals surface area contributed by atoms with Gasteiger partial charge in [0.1, 0.15) is 29.2 Å². The maximum Gasteiger partial charge on any atom is 0.512 e. The van der Waals surface area contributed by atoms with E-state index in [2.05, 4.69) is 25.4 Å². The number of nitrogen functional groups attached to an aromatic ring is 1. The van der Waals surface area contributed by atoms with Crippen LogP contribution in [0.4, 0.5) is 9.93 Å². The molecule has 2 aliphatic heterocycles. The monoisotopic (exact) mass is 576 g/mol. The molecule has 5 rings (SSSR count). The fourth-order valence-electron chi connectivity index (χ4n) is 3.88. The molecule has 1 fully saturated rings. The Morgan fingerprint density at radius 2 is 2.21 bits per heavy atom. The smallest absolute Gasteiger partial charge is 0.449 e. The van der Waals surface area contributed by atoms with Crippen LogP contribution in [0.15, 0.2) is 45.5 Å². The van der Waals surface area contributed by atoms with E-state index < -0.39 is 29.4 Å². The number of carboxylic acid groups (broad SMARTS) is 1. The lowest BCUT2D eigenvalue weighted by atomic mass is 10.1. The number of anilines is 1. The third kappa shape index (κ3) is 4.86. The molecule has 17 heteroatoms. The number of β-lactam (4-membered cyclic amide) rings is 1. The Hall–Kier alpha value is -3.83. The molecule has 2 atom stereocenters. The molecule has 0 aliphatic carbocycles. The zero-order chi connectivity index (χ0) is 27.0. The summed E-state index contributed by atoms with van der Waals surface area (Å²) >= 11 is 3.88. The standard InChI is InChI=1S/C21H20N8O6S3/c1-9-5-12(25-20-23-3-4-28(9)20)36-6-10-7-37-18-14(16(31)29(18)17(10)35-21(32)33)26-15(30)13(27-34-2)11-8-38-19(22)24-11/h3-5,8,14,18H,6-7H2,1-2H3,(H2,22,24)(H,26,30)(H,32,33)/b27-13-/t14-,18+/m1/s1. The van der Waals surface area contributed by atoms with Crippen molar-refractivity contribution in [3.05, 3.63) is 46.7 Å². The number of carbonyl (C=O) groups is 3. The zero-order valence-electron chi connectivity index (χ0n) is 19.9. The van der Waals surface area contributed by atoms with Crippen molar-refractivity contribution >= 4 is 69.5 Å². The van der Waals surface area contributed by atoms with E-state index in [1.54, 1.807) is 11.6 Å². The highest BCUT2D eigenvalue weighted by Gasteiger charge is 2.54. The topological polar surface area (TPSA) is 187 Å². The molecule has 0 bridgehead atoms. The average molecular weight is 577 g/mol. The number of ether oxygens (including phenoxy) is 1. The van der Waals surface area contributed by atoms with Crippen molar-refractivity contribution in [2.24, 2.45) is 5.16 Å². The Kier molecular flexibility index (Phi) is 7.13. The quantitative estimate of drug-likeness (QED) is 0.0878. The van der Waals surface area contributed by atoms with Crippen LogP contribution in [-0.2, 0) is 19.2 Å². The van der Waals surface area contributed by atoms with Crippen LogP contribution >= 0.6 is 34.9 Å². The minimum absolute atomic E-state index is 0.0547. The van der Waals surface area contributed by atoms with Crippen LogP contribution in [0.1, 0.15) is 11.4 Å². The number of imidazole rings is 1. The Morgan fingerprint density at radius 1 is 1.39 bits per heavy atom. The number of rotatable bonds is 8. The maximum absolute atomic E-state index is 13.1. The predicted octanol–water partition coefficient (Wildman–Crippen LogP) is 1.53. The van der Waals surface area contributed by atoms with E-state index >= 15 is 0 Å². The van der Waals surface area contributed by atoms with Crippen molar-refractivity contribution in [2.75, 3.05) is 24.3 Å². The fraction of sp³-hybridized carbons (Fsp3) is 0.286. The van der Waals surface area contributed by atoms with E-state index in [1.807, 2.05) is 23.6 Å². The van der Waals surface area contributed by atoms with Gasteiger partial charge < -0.3 is 25.7 Å². The van der Waals surface area contributed by atoms with Crippen molar-refractivity contribution in [3.8, 4) is 0 Å². The van der Waals surface area contributed by atoms with Crippen LogP contribution in [-0.4, -0.2) is 83.1 Å². The maximum atomic E-state index is 13.1. The summed E-state index contributed by atoms with van der Waals surface area (Å²) in [6.45, 7) is 1.93. The Bertz CT molecular complexity index is 1500. The van der Waals surface area contributed by atoms with E-state index in [0.717, 1.165) is 17.0 Å². The van der Waals surface area contributed by atoms with Gasteiger partial charge in [0.05, 0.1) is 0 Å². The van der Waals surface area contributed by atoms with Gasteiger partial charge in [0.15, 0.2) is 10.8 Å². The average Bonchev–Trinajstić information content (AvgIpc) is 3.53. The first-order valence-corrected chi connectivity index (χ1v) is 13.8. The number of nitrogens with zero attached hydrogens (tertiary/aromatic N) is 6. The lowest BCUT2D eigenvalue weighted by Crippen LogP contribution is -2.70. The second kappa shape index (κ2) is 10.5. The molecule has 4 N–H and O–H groups in total. The van der Waals surface area contributed by atoms with Crippen molar-refractivity contribution in [3.63, 3.8) is 0 Å². The number of nitrogens with two attached hydrogens (primary N) is 1.